The van der Waals surface area contributed by atoms with E-state index in [0.29, 0.717) is 12.6 Å². The summed E-state index contributed by atoms with van der Waals surface area (Å²) >= 11 is 0. The molecule has 0 aliphatic heterocycles. The third-order valence-electron chi connectivity index (χ3n) is 2.74. The van der Waals surface area contributed by atoms with Crippen LogP contribution in [0.3, 0.4) is 0 Å². The summed E-state index contributed by atoms with van der Waals surface area (Å²) in [5.74, 6) is 0.140. The predicted molar refractivity (Wildman–Crippen MR) is 68.4 cm³/mol. The van der Waals surface area contributed by atoms with Crippen LogP contribution in [0.25, 0.3) is 0 Å². The van der Waals surface area contributed by atoms with Crippen molar-refractivity contribution >= 4 is 11.7 Å². The third kappa shape index (κ3) is 3.32. The van der Waals surface area contributed by atoms with Crippen LogP contribution in [0.2, 0.25) is 0 Å². The van der Waals surface area contributed by atoms with Gasteiger partial charge in [-0.2, -0.15) is 0 Å². The fraction of sp³-hybridized carbons (Fsp3) is 0.583. The molecule has 18 heavy (non-hydrogen) atoms. The third-order valence-corrected chi connectivity index (χ3v) is 2.74. The van der Waals surface area contributed by atoms with Gasteiger partial charge < -0.3 is 15.2 Å². The first-order chi connectivity index (χ1) is 8.70. The van der Waals surface area contributed by atoms with Crippen molar-refractivity contribution in [2.24, 2.45) is 0 Å². The van der Waals surface area contributed by atoms with Gasteiger partial charge in [0.25, 0.3) is 5.56 Å². The molecule has 1 saturated carbocycles. The summed E-state index contributed by atoms with van der Waals surface area (Å²) in [5, 5.41) is 5.63. The van der Waals surface area contributed by atoms with E-state index in [2.05, 4.69) is 15.6 Å². The average molecular weight is 250 g/mol. The number of nitrogens with one attached hydrogen (secondary N) is 2. The molecule has 2 rings (SSSR count). The number of carbonyl (C=O) groups excluding carboxylic acids is 1. The minimum absolute atomic E-state index is 0.0921. The van der Waals surface area contributed by atoms with Gasteiger partial charge in [0.2, 0.25) is 5.91 Å². The van der Waals surface area contributed by atoms with E-state index >= 15 is 0 Å². The van der Waals surface area contributed by atoms with Crippen molar-refractivity contribution in [2.75, 3.05) is 11.9 Å². The highest BCUT2D eigenvalue weighted by atomic mass is 16.2. The highest BCUT2D eigenvalue weighted by Crippen LogP contribution is 2.18. The molecule has 1 heterocycles. The zero-order valence-electron chi connectivity index (χ0n) is 10.5. The minimum Gasteiger partial charge on any atom is -0.356 e. The Morgan fingerprint density at radius 2 is 2.33 bits per heavy atom. The van der Waals surface area contributed by atoms with Gasteiger partial charge in [-0.05, 0) is 19.3 Å². The lowest BCUT2D eigenvalue weighted by Crippen LogP contribution is -2.33. The van der Waals surface area contributed by atoms with Crippen molar-refractivity contribution in [3.63, 3.8) is 0 Å². The molecule has 1 aromatic heterocycles. The summed E-state index contributed by atoms with van der Waals surface area (Å²) in [6.45, 7) is 2.75. The first-order valence-corrected chi connectivity index (χ1v) is 6.29. The molecule has 1 aliphatic carbocycles. The molecule has 0 atom stereocenters. The lowest BCUT2D eigenvalue weighted by molar-refractivity contribution is -0.119. The molecule has 1 amide bonds. The van der Waals surface area contributed by atoms with Crippen molar-refractivity contribution < 1.29 is 4.79 Å². The molecule has 6 heteroatoms. The quantitative estimate of drug-likeness (QED) is 0.763. The zero-order valence-corrected chi connectivity index (χ0v) is 10.5. The fourth-order valence-electron chi connectivity index (χ4n) is 1.66. The van der Waals surface area contributed by atoms with Gasteiger partial charge in [-0.15, -0.1) is 0 Å². The number of hydrogen-bond acceptors (Lipinski definition) is 4. The molecular weight excluding hydrogens is 232 g/mol. The number of aromatic nitrogens is 2. The molecule has 0 aromatic carbocycles. The normalized spacial score (nSPS) is 14.3. The molecule has 1 aromatic rings. The number of rotatable bonds is 6. The highest BCUT2D eigenvalue weighted by molar-refractivity contribution is 5.80. The molecule has 2 N–H and O–H groups in total. The first-order valence-electron chi connectivity index (χ1n) is 6.29. The van der Waals surface area contributed by atoms with E-state index in [4.69, 9.17) is 0 Å². The molecule has 0 radical (unpaired) electrons. The lowest BCUT2D eigenvalue weighted by Gasteiger charge is -2.08. The maximum Gasteiger partial charge on any atom is 0.293 e. The van der Waals surface area contributed by atoms with Gasteiger partial charge in [-0.3, -0.25) is 9.59 Å². The van der Waals surface area contributed by atoms with E-state index in [0.717, 1.165) is 19.3 Å². The molecular formula is C12H18N4O2. The van der Waals surface area contributed by atoms with Gasteiger partial charge in [-0.25, -0.2) is 4.98 Å². The van der Waals surface area contributed by atoms with Crippen LogP contribution >= 0.6 is 0 Å². The minimum atomic E-state index is -0.182. The van der Waals surface area contributed by atoms with Crippen LogP contribution in [0.4, 0.5) is 5.82 Å². The molecule has 0 spiro atoms. The van der Waals surface area contributed by atoms with Crippen LogP contribution in [-0.4, -0.2) is 28.0 Å². The zero-order chi connectivity index (χ0) is 13.0. The largest absolute Gasteiger partial charge is 0.356 e. The molecule has 0 saturated heterocycles. The Hall–Kier alpha value is -1.85. The smallest absolute Gasteiger partial charge is 0.293 e. The van der Waals surface area contributed by atoms with Gasteiger partial charge in [0, 0.05) is 25.0 Å². The number of aryl methyl sites for hydroxylation is 1. The number of anilines is 1. The van der Waals surface area contributed by atoms with Crippen LogP contribution in [0, 0.1) is 0 Å². The highest BCUT2D eigenvalue weighted by Gasteiger charge is 2.23. The van der Waals surface area contributed by atoms with E-state index in [1.807, 2.05) is 6.92 Å². The molecule has 0 unspecified atom stereocenters. The van der Waals surface area contributed by atoms with Gasteiger partial charge in [0.1, 0.15) is 0 Å². The second-order valence-corrected chi connectivity index (χ2v) is 4.47. The standard InChI is InChI=1S/C12H18N4O2/c1-2-6-16-7-5-13-11(12(16)18)14-8-10(17)15-9-3-4-9/h5,7,9H,2-4,6,8H2,1H3,(H,13,14)(H,15,17). The summed E-state index contributed by atoms with van der Waals surface area (Å²) in [6, 6.07) is 0.333. The van der Waals surface area contributed by atoms with E-state index in [9.17, 15) is 9.59 Å². The van der Waals surface area contributed by atoms with Crippen LogP contribution < -0.4 is 16.2 Å². The fourth-order valence-corrected chi connectivity index (χ4v) is 1.66. The number of nitrogens with zero attached hydrogens (tertiary/aromatic N) is 2. The Kier molecular flexibility index (Phi) is 3.96. The molecule has 0 bridgehead atoms. The lowest BCUT2D eigenvalue weighted by atomic mass is 10.4. The number of amides is 1. The average Bonchev–Trinajstić information content (AvgIpc) is 3.14. The van der Waals surface area contributed by atoms with E-state index < -0.39 is 0 Å². The topological polar surface area (TPSA) is 76.0 Å². The summed E-state index contributed by atoms with van der Waals surface area (Å²) in [5.41, 5.74) is -0.182. The SMILES string of the molecule is CCCn1ccnc(NCC(=O)NC2CC2)c1=O. The maximum absolute atomic E-state index is 11.9. The summed E-state index contributed by atoms with van der Waals surface area (Å²) < 4.78 is 1.59. The van der Waals surface area contributed by atoms with Gasteiger partial charge in [0.15, 0.2) is 5.82 Å². The Morgan fingerprint density at radius 1 is 1.56 bits per heavy atom. The first kappa shape index (κ1) is 12.6. The van der Waals surface area contributed by atoms with Crippen molar-refractivity contribution in [2.45, 2.75) is 38.8 Å². The van der Waals surface area contributed by atoms with E-state index in [-0.39, 0.29) is 23.8 Å². The van der Waals surface area contributed by atoms with Crippen molar-refractivity contribution in [3.05, 3.63) is 22.7 Å². The second-order valence-electron chi connectivity index (χ2n) is 4.47. The molecule has 6 nitrogen and oxygen atoms in total. The molecule has 1 aliphatic rings. The van der Waals surface area contributed by atoms with Crippen molar-refractivity contribution in [3.8, 4) is 0 Å². The van der Waals surface area contributed by atoms with Gasteiger partial charge >= 0.3 is 0 Å². The summed E-state index contributed by atoms with van der Waals surface area (Å²) in [7, 11) is 0. The maximum atomic E-state index is 11.9. The second kappa shape index (κ2) is 5.66. The van der Waals surface area contributed by atoms with Crippen LogP contribution in [0.15, 0.2) is 17.2 Å². The van der Waals surface area contributed by atoms with Gasteiger partial charge in [-0.1, -0.05) is 6.92 Å². The van der Waals surface area contributed by atoms with Gasteiger partial charge in [0.05, 0.1) is 6.54 Å². The van der Waals surface area contributed by atoms with Crippen LogP contribution in [-0.2, 0) is 11.3 Å². The van der Waals surface area contributed by atoms with E-state index in [1.54, 1.807) is 17.0 Å². The van der Waals surface area contributed by atoms with Crippen LogP contribution in [0.1, 0.15) is 26.2 Å². The van der Waals surface area contributed by atoms with Crippen molar-refractivity contribution in [1.29, 1.82) is 0 Å². The number of carbonyl (C=O) groups is 1. The Labute approximate surface area is 105 Å². The number of hydrogen-bond donors (Lipinski definition) is 2. The summed E-state index contributed by atoms with van der Waals surface area (Å²) in [4.78, 5) is 27.4. The predicted octanol–water partition coefficient (Wildman–Crippen LogP) is 0.344. The molecule has 1 fully saturated rings. The Morgan fingerprint density at radius 3 is 3.00 bits per heavy atom. The Bertz CT molecular complexity index is 479. The summed E-state index contributed by atoms with van der Waals surface area (Å²) in [6.07, 6.45) is 6.21. The molecule has 98 valence electrons. The van der Waals surface area contributed by atoms with Crippen LogP contribution in [0.5, 0.6) is 0 Å². The Balaban J connectivity index is 1.93. The monoisotopic (exact) mass is 250 g/mol. The van der Waals surface area contributed by atoms with Crippen molar-refractivity contribution in [1.82, 2.24) is 14.9 Å². The van der Waals surface area contributed by atoms with E-state index in [1.165, 1.54) is 0 Å².